The molecule has 0 spiro atoms. The average molecular weight is 392 g/mol. The van der Waals surface area contributed by atoms with Crippen LogP contribution in [0.4, 0.5) is 17.6 Å². The molecule has 2 aromatic rings. The maximum Gasteiger partial charge on any atom is 0.360 e. The van der Waals surface area contributed by atoms with Gasteiger partial charge in [0, 0.05) is 11.3 Å². The van der Waals surface area contributed by atoms with Crippen LogP contribution in [0.1, 0.15) is 35.1 Å². The quantitative estimate of drug-likeness (QED) is 0.478. The number of hydrogen-bond donors (Lipinski definition) is 0. The van der Waals surface area contributed by atoms with Crippen LogP contribution in [0.15, 0.2) is 60.5 Å². The molecule has 5 heteroatoms. The van der Waals surface area contributed by atoms with Crippen molar-refractivity contribution in [3.8, 4) is 0 Å². The van der Waals surface area contributed by atoms with Crippen molar-refractivity contribution in [3.05, 3.63) is 77.9 Å². The van der Waals surface area contributed by atoms with E-state index in [1.54, 1.807) is 12.1 Å². The molecule has 0 atom stereocenters. The molecule has 0 aliphatic carbocycles. The number of halogens is 4. The van der Waals surface area contributed by atoms with Crippen LogP contribution >= 0.6 is 11.8 Å². The third-order valence-corrected chi connectivity index (χ3v) is 5.86. The van der Waals surface area contributed by atoms with Gasteiger partial charge < -0.3 is 0 Å². The first-order valence-corrected chi connectivity index (χ1v) is 9.41. The van der Waals surface area contributed by atoms with Crippen molar-refractivity contribution in [3.63, 3.8) is 0 Å². The molecule has 0 saturated carbocycles. The molecule has 27 heavy (non-hydrogen) atoms. The molecule has 0 amide bonds. The minimum absolute atomic E-state index is 0.0665. The zero-order valence-electron chi connectivity index (χ0n) is 15.0. The fourth-order valence-corrected chi connectivity index (χ4v) is 3.98. The molecule has 0 unspecified atom stereocenters. The fourth-order valence-electron chi connectivity index (χ4n) is 3.03. The van der Waals surface area contributed by atoms with Gasteiger partial charge in [0.15, 0.2) is 0 Å². The summed E-state index contributed by atoms with van der Waals surface area (Å²) < 4.78 is 54.3. The van der Waals surface area contributed by atoms with Crippen LogP contribution in [0.5, 0.6) is 0 Å². The molecule has 142 valence electrons. The Bertz CT molecular complexity index is 899. The Morgan fingerprint density at radius 2 is 1.59 bits per heavy atom. The van der Waals surface area contributed by atoms with E-state index < -0.39 is 17.6 Å². The van der Waals surface area contributed by atoms with E-state index in [1.807, 2.05) is 25.1 Å². The summed E-state index contributed by atoms with van der Waals surface area (Å²) in [6, 6.07) is 12.8. The van der Waals surface area contributed by atoms with Gasteiger partial charge >= 0.3 is 11.2 Å². The van der Waals surface area contributed by atoms with Crippen molar-refractivity contribution in [2.45, 2.75) is 42.3 Å². The van der Waals surface area contributed by atoms with Gasteiger partial charge in [-0.1, -0.05) is 55.1 Å². The molecule has 0 nitrogen and oxygen atoms in total. The minimum atomic E-state index is -4.10. The number of benzene rings is 2. The van der Waals surface area contributed by atoms with E-state index in [0.717, 1.165) is 22.3 Å². The van der Waals surface area contributed by atoms with Crippen LogP contribution in [0.2, 0.25) is 0 Å². The zero-order chi connectivity index (χ0) is 19.8. The number of aryl methyl sites for hydroxylation is 1. The predicted octanol–water partition coefficient (Wildman–Crippen LogP) is 7.38. The Kier molecular flexibility index (Phi) is 5.26. The van der Waals surface area contributed by atoms with Crippen molar-refractivity contribution in [2.75, 3.05) is 0 Å². The Balaban J connectivity index is 1.71. The van der Waals surface area contributed by atoms with Crippen molar-refractivity contribution in [1.29, 1.82) is 0 Å². The molecular formula is C22H20F4S. The SMILES string of the molecule is C=C(CCC(=C)c1ccc2c(c1)SC(F)(F)C(F)(F)C2)c1cccc(C)c1. The summed E-state index contributed by atoms with van der Waals surface area (Å²) in [6.45, 7) is 10.2. The van der Waals surface area contributed by atoms with Gasteiger partial charge in [0.1, 0.15) is 0 Å². The third kappa shape index (κ3) is 4.13. The number of fused-ring (bicyclic) bond motifs is 1. The number of hydrogen-bond acceptors (Lipinski definition) is 1. The van der Waals surface area contributed by atoms with Crippen LogP contribution in [-0.4, -0.2) is 11.2 Å². The van der Waals surface area contributed by atoms with Crippen molar-refractivity contribution in [2.24, 2.45) is 0 Å². The Morgan fingerprint density at radius 3 is 2.22 bits per heavy atom. The van der Waals surface area contributed by atoms with E-state index in [-0.39, 0.29) is 22.2 Å². The highest BCUT2D eigenvalue weighted by molar-refractivity contribution is 8.00. The van der Waals surface area contributed by atoms with Crippen LogP contribution in [0.3, 0.4) is 0 Å². The van der Waals surface area contributed by atoms with Gasteiger partial charge in [0.05, 0.1) is 0 Å². The smallest absolute Gasteiger partial charge is 0.198 e. The molecule has 0 bridgehead atoms. The van der Waals surface area contributed by atoms with Gasteiger partial charge in [-0.15, -0.1) is 0 Å². The maximum absolute atomic E-state index is 13.6. The Morgan fingerprint density at radius 1 is 0.963 bits per heavy atom. The van der Waals surface area contributed by atoms with Crippen LogP contribution in [0, 0.1) is 6.92 Å². The molecule has 3 rings (SSSR count). The summed E-state index contributed by atoms with van der Waals surface area (Å²) in [4.78, 5) is 0.196. The van der Waals surface area contributed by atoms with Crippen molar-refractivity contribution < 1.29 is 17.6 Å². The summed E-state index contributed by atoms with van der Waals surface area (Å²) in [6.07, 6.45) is 0.350. The molecule has 0 radical (unpaired) electrons. The van der Waals surface area contributed by atoms with Gasteiger partial charge in [-0.2, -0.15) is 17.6 Å². The molecule has 0 fully saturated rings. The summed E-state index contributed by atoms with van der Waals surface area (Å²) in [5.41, 5.74) is 4.89. The number of alkyl halides is 4. The molecule has 1 aliphatic rings. The van der Waals surface area contributed by atoms with Gasteiger partial charge in [-0.3, -0.25) is 0 Å². The van der Waals surface area contributed by atoms with Gasteiger partial charge in [-0.25, -0.2) is 0 Å². The lowest BCUT2D eigenvalue weighted by Gasteiger charge is -2.31. The maximum atomic E-state index is 13.6. The first-order chi connectivity index (χ1) is 12.6. The predicted molar refractivity (Wildman–Crippen MR) is 104 cm³/mol. The van der Waals surface area contributed by atoms with Crippen LogP contribution < -0.4 is 0 Å². The second kappa shape index (κ2) is 7.19. The van der Waals surface area contributed by atoms with Gasteiger partial charge in [-0.05, 0) is 65.4 Å². The third-order valence-electron chi connectivity index (χ3n) is 4.71. The summed E-state index contributed by atoms with van der Waals surface area (Å²) in [5.74, 6) is -4.03. The van der Waals surface area contributed by atoms with E-state index in [1.165, 1.54) is 6.07 Å². The molecule has 1 aliphatic heterocycles. The first-order valence-electron chi connectivity index (χ1n) is 8.59. The second-order valence-electron chi connectivity index (χ2n) is 6.90. The largest absolute Gasteiger partial charge is 0.360 e. The van der Waals surface area contributed by atoms with E-state index in [2.05, 4.69) is 19.2 Å². The van der Waals surface area contributed by atoms with Crippen molar-refractivity contribution in [1.82, 2.24) is 0 Å². The normalized spacial score (nSPS) is 17.2. The Hall–Kier alpha value is -2.01. The van der Waals surface area contributed by atoms with E-state index in [4.69, 9.17) is 0 Å². The summed E-state index contributed by atoms with van der Waals surface area (Å²) >= 11 is -0.0665. The minimum Gasteiger partial charge on any atom is -0.198 e. The lowest BCUT2D eigenvalue weighted by molar-refractivity contribution is -0.153. The number of rotatable bonds is 5. The molecule has 2 aromatic carbocycles. The van der Waals surface area contributed by atoms with Crippen molar-refractivity contribution >= 4 is 22.9 Å². The topological polar surface area (TPSA) is 0 Å². The number of allylic oxidation sites excluding steroid dienone is 2. The molecule has 1 heterocycles. The molecular weight excluding hydrogens is 372 g/mol. The monoisotopic (exact) mass is 392 g/mol. The first kappa shape index (κ1) is 19.7. The van der Waals surface area contributed by atoms with Gasteiger partial charge in [0.2, 0.25) is 0 Å². The highest BCUT2D eigenvalue weighted by Crippen LogP contribution is 2.53. The number of thioether (sulfide) groups is 1. The molecule has 0 N–H and O–H groups in total. The van der Waals surface area contributed by atoms with Gasteiger partial charge in [0.25, 0.3) is 0 Å². The second-order valence-corrected chi connectivity index (χ2v) is 8.06. The van der Waals surface area contributed by atoms with E-state index in [0.29, 0.717) is 18.4 Å². The standard InChI is InChI=1S/C22H20F4S/c1-14-5-4-6-17(11-14)15(2)7-8-16(3)18-9-10-19-13-21(23,24)22(25,26)27-20(19)12-18/h4-6,9-12H,2-3,7-8,13H2,1H3. The van der Waals surface area contributed by atoms with E-state index >= 15 is 0 Å². The Labute approximate surface area is 161 Å². The highest BCUT2D eigenvalue weighted by Gasteiger charge is 2.59. The highest BCUT2D eigenvalue weighted by atomic mass is 32.2. The molecule has 0 aromatic heterocycles. The molecule has 0 saturated heterocycles. The lowest BCUT2D eigenvalue weighted by Crippen LogP contribution is -2.42. The van der Waals surface area contributed by atoms with Crippen LogP contribution in [0.25, 0.3) is 11.1 Å². The fraction of sp³-hybridized carbons (Fsp3) is 0.273. The summed E-state index contributed by atoms with van der Waals surface area (Å²) in [5, 5.41) is -4.10. The zero-order valence-corrected chi connectivity index (χ0v) is 15.8. The van der Waals surface area contributed by atoms with E-state index in [9.17, 15) is 17.6 Å². The lowest BCUT2D eigenvalue weighted by atomic mass is 9.95. The van der Waals surface area contributed by atoms with Crippen LogP contribution in [-0.2, 0) is 6.42 Å². The average Bonchev–Trinajstić information content (AvgIpc) is 2.59. The summed E-state index contributed by atoms with van der Waals surface area (Å²) in [7, 11) is 0.